The molecule has 0 amide bonds. The molecule has 0 atom stereocenters. The van der Waals surface area contributed by atoms with E-state index in [1.165, 1.54) is 0 Å². The number of hydrogen-bond donors (Lipinski definition) is 0. The Hall–Kier alpha value is -3.15. The van der Waals surface area contributed by atoms with Crippen molar-refractivity contribution < 1.29 is 9.15 Å². The summed E-state index contributed by atoms with van der Waals surface area (Å²) in [5.74, 6) is 0.695. The maximum absolute atomic E-state index is 5.21. The van der Waals surface area contributed by atoms with Crippen LogP contribution in [0, 0.1) is 0 Å². The van der Waals surface area contributed by atoms with Gasteiger partial charge >= 0.3 is 0 Å². The van der Waals surface area contributed by atoms with Gasteiger partial charge in [-0.25, -0.2) is 9.50 Å². The zero-order chi connectivity index (χ0) is 14.9. The first kappa shape index (κ1) is 12.6. The summed E-state index contributed by atoms with van der Waals surface area (Å²) in [6.45, 7) is 0. The summed E-state index contributed by atoms with van der Waals surface area (Å²) >= 11 is 0. The van der Waals surface area contributed by atoms with Crippen LogP contribution in [0.3, 0.4) is 0 Å². The van der Waals surface area contributed by atoms with E-state index in [9.17, 15) is 0 Å². The second kappa shape index (κ2) is 5.00. The first-order valence-corrected chi connectivity index (χ1v) is 6.72. The number of furan rings is 1. The van der Waals surface area contributed by atoms with Crippen molar-refractivity contribution in [2.75, 3.05) is 7.11 Å². The minimum atomic E-state index is 0.695. The van der Waals surface area contributed by atoms with Crippen LogP contribution in [0.15, 0.2) is 59.8 Å². The number of ether oxygens (including phenoxy) is 1. The minimum Gasteiger partial charge on any atom is -0.495 e. The molecular formula is C16H12N4O2. The Balaban J connectivity index is 1.87. The lowest BCUT2D eigenvalue weighted by molar-refractivity contribution is 0.413. The van der Waals surface area contributed by atoms with Crippen LogP contribution in [0.5, 0.6) is 5.75 Å². The Bertz CT molecular complexity index is 928. The van der Waals surface area contributed by atoms with E-state index in [4.69, 9.17) is 9.15 Å². The van der Waals surface area contributed by atoms with E-state index in [0.29, 0.717) is 5.75 Å². The predicted octanol–water partition coefficient (Wildman–Crippen LogP) is 3.06. The molecule has 4 aromatic rings. The number of imidazole rings is 1. The van der Waals surface area contributed by atoms with Crippen molar-refractivity contribution in [3.05, 3.63) is 55.4 Å². The molecule has 0 radical (unpaired) electrons. The van der Waals surface area contributed by atoms with Gasteiger partial charge in [-0.05, 0) is 24.3 Å². The molecule has 0 aliphatic rings. The first-order chi connectivity index (χ1) is 10.8. The van der Waals surface area contributed by atoms with Gasteiger partial charge in [-0.1, -0.05) is 0 Å². The van der Waals surface area contributed by atoms with E-state index in [2.05, 4.69) is 15.1 Å². The van der Waals surface area contributed by atoms with Crippen LogP contribution in [0.25, 0.3) is 28.2 Å². The largest absolute Gasteiger partial charge is 0.495 e. The number of pyridine rings is 1. The molecule has 4 rings (SSSR count). The Labute approximate surface area is 126 Å². The van der Waals surface area contributed by atoms with E-state index in [1.807, 2.05) is 24.3 Å². The Morgan fingerprint density at radius 3 is 2.86 bits per heavy atom. The zero-order valence-corrected chi connectivity index (χ0v) is 11.8. The van der Waals surface area contributed by atoms with E-state index in [-0.39, 0.29) is 0 Å². The molecule has 0 unspecified atom stereocenters. The number of aromatic nitrogens is 4. The van der Waals surface area contributed by atoms with Crippen LogP contribution in [0.2, 0.25) is 0 Å². The minimum absolute atomic E-state index is 0.695. The second-order valence-corrected chi connectivity index (χ2v) is 4.76. The molecule has 4 heterocycles. The van der Waals surface area contributed by atoms with Crippen LogP contribution >= 0.6 is 0 Å². The van der Waals surface area contributed by atoms with E-state index >= 15 is 0 Å². The standard InChI is InChI=1S/C16H12N4O2/c1-21-13-6-12(7-17-8-13)14-2-3-16-18-9-15(20(16)19-14)11-4-5-22-10-11/h2-10H,1H3. The van der Waals surface area contributed by atoms with Crippen molar-refractivity contribution in [1.29, 1.82) is 0 Å². The van der Waals surface area contributed by atoms with Gasteiger partial charge in [0.1, 0.15) is 5.75 Å². The van der Waals surface area contributed by atoms with Gasteiger partial charge in [0.2, 0.25) is 0 Å². The summed E-state index contributed by atoms with van der Waals surface area (Å²) < 4.78 is 12.1. The first-order valence-electron chi connectivity index (χ1n) is 6.72. The highest BCUT2D eigenvalue weighted by molar-refractivity contribution is 5.65. The van der Waals surface area contributed by atoms with Crippen molar-refractivity contribution in [3.63, 3.8) is 0 Å². The normalized spacial score (nSPS) is 11.0. The van der Waals surface area contributed by atoms with Gasteiger partial charge in [-0.2, -0.15) is 5.10 Å². The third kappa shape index (κ3) is 2.01. The summed E-state index contributed by atoms with van der Waals surface area (Å²) in [6.07, 6.45) is 8.50. The van der Waals surface area contributed by atoms with Crippen molar-refractivity contribution >= 4 is 5.65 Å². The van der Waals surface area contributed by atoms with Gasteiger partial charge in [0, 0.05) is 17.3 Å². The Morgan fingerprint density at radius 1 is 1.09 bits per heavy atom. The molecule has 4 aromatic heterocycles. The average molecular weight is 292 g/mol. The van der Waals surface area contributed by atoms with E-state index in [0.717, 1.165) is 28.2 Å². The molecule has 0 saturated carbocycles. The van der Waals surface area contributed by atoms with Crippen molar-refractivity contribution in [2.24, 2.45) is 0 Å². The van der Waals surface area contributed by atoms with Gasteiger partial charge in [0.25, 0.3) is 0 Å². The number of rotatable bonds is 3. The van der Waals surface area contributed by atoms with Crippen LogP contribution in [-0.4, -0.2) is 26.7 Å². The fraction of sp³-hybridized carbons (Fsp3) is 0.0625. The summed E-state index contributed by atoms with van der Waals surface area (Å²) in [7, 11) is 1.62. The highest BCUT2D eigenvalue weighted by Gasteiger charge is 2.10. The quantitative estimate of drug-likeness (QED) is 0.580. The molecule has 6 nitrogen and oxygen atoms in total. The van der Waals surface area contributed by atoms with Crippen molar-refractivity contribution in [3.8, 4) is 28.3 Å². The molecule has 0 spiro atoms. The van der Waals surface area contributed by atoms with Gasteiger partial charge in [-0.15, -0.1) is 0 Å². The zero-order valence-electron chi connectivity index (χ0n) is 11.8. The van der Waals surface area contributed by atoms with Gasteiger partial charge in [0.05, 0.1) is 43.4 Å². The molecule has 22 heavy (non-hydrogen) atoms. The lowest BCUT2D eigenvalue weighted by Gasteiger charge is -2.05. The second-order valence-electron chi connectivity index (χ2n) is 4.76. The highest BCUT2D eigenvalue weighted by atomic mass is 16.5. The molecule has 0 saturated heterocycles. The smallest absolute Gasteiger partial charge is 0.154 e. The molecule has 0 fully saturated rings. The molecule has 108 valence electrons. The molecule has 0 aliphatic heterocycles. The number of methoxy groups -OCH3 is 1. The number of fused-ring (bicyclic) bond motifs is 1. The third-order valence-corrected chi connectivity index (χ3v) is 3.42. The van der Waals surface area contributed by atoms with Gasteiger partial charge < -0.3 is 9.15 Å². The molecular weight excluding hydrogens is 280 g/mol. The summed E-state index contributed by atoms with van der Waals surface area (Å²) in [5, 5.41) is 4.65. The van der Waals surface area contributed by atoms with Crippen LogP contribution in [0.1, 0.15) is 0 Å². The van der Waals surface area contributed by atoms with Crippen LogP contribution in [-0.2, 0) is 0 Å². The van der Waals surface area contributed by atoms with Gasteiger partial charge in [0.15, 0.2) is 5.65 Å². The molecule has 0 N–H and O–H groups in total. The third-order valence-electron chi connectivity index (χ3n) is 3.42. The number of hydrogen-bond acceptors (Lipinski definition) is 5. The fourth-order valence-electron chi connectivity index (χ4n) is 2.30. The maximum atomic E-state index is 5.21. The van der Waals surface area contributed by atoms with E-state index < -0.39 is 0 Å². The summed E-state index contributed by atoms with van der Waals surface area (Å²) in [6, 6.07) is 7.61. The van der Waals surface area contributed by atoms with E-state index in [1.54, 1.807) is 42.7 Å². The fourth-order valence-corrected chi connectivity index (χ4v) is 2.30. The Morgan fingerprint density at radius 2 is 2.05 bits per heavy atom. The lowest BCUT2D eigenvalue weighted by atomic mass is 10.2. The van der Waals surface area contributed by atoms with Crippen LogP contribution in [0.4, 0.5) is 0 Å². The van der Waals surface area contributed by atoms with Crippen LogP contribution < -0.4 is 4.74 Å². The number of nitrogens with zero attached hydrogens (tertiary/aromatic N) is 4. The maximum Gasteiger partial charge on any atom is 0.154 e. The topological polar surface area (TPSA) is 65.5 Å². The van der Waals surface area contributed by atoms with Gasteiger partial charge in [-0.3, -0.25) is 4.98 Å². The Kier molecular flexibility index (Phi) is 2.86. The van der Waals surface area contributed by atoms with Crippen molar-refractivity contribution in [2.45, 2.75) is 0 Å². The molecule has 0 bridgehead atoms. The summed E-state index contributed by atoms with van der Waals surface area (Å²) in [4.78, 5) is 8.53. The SMILES string of the molecule is COc1cncc(-c2ccc3ncc(-c4ccoc4)n3n2)c1. The summed E-state index contributed by atoms with van der Waals surface area (Å²) in [5.41, 5.74) is 4.26. The van der Waals surface area contributed by atoms with Crippen molar-refractivity contribution in [1.82, 2.24) is 19.6 Å². The lowest BCUT2D eigenvalue weighted by Crippen LogP contribution is -1.97. The average Bonchev–Trinajstić information content (AvgIpc) is 3.23. The molecule has 6 heteroatoms. The predicted molar refractivity (Wildman–Crippen MR) is 80.5 cm³/mol. The monoisotopic (exact) mass is 292 g/mol. The highest BCUT2D eigenvalue weighted by Crippen LogP contribution is 2.24. The molecule has 0 aliphatic carbocycles. The molecule has 0 aromatic carbocycles.